The van der Waals surface area contributed by atoms with Gasteiger partial charge in [-0.15, -0.1) is 0 Å². The maximum atomic E-state index is 12.0. The average Bonchev–Trinajstić information content (AvgIpc) is 2.84. The SMILES string of the molecule is C=C(C)COCCNC(=O)N1CCC(CCC)(C(=O)O)C1. The minimum absolute atomic E-state index is 0.215. The zero-order chi connectivity index (χ0) is 15.9. The molecule has 120 valence electrons. The zero-order valence-corrected chi connectivity index (χ0v) is 13.0. The van der Waals surface area contributed by atoms with E-state index in [9.17, 15) is 14.7 Å². The molecule has 1 aliphatic rings. The average molecular weight is 298 g/mol. The molecule has 0 aliphatic carbocycles. The molecule has 1 rings (SSSR count). The van der Waals surface area contributed by atoms with Crippen LogP contribution in [-0.2, 0) is 9.53 Å². The summed E-state index contributed by atoms with van der Waals surface area (Å²) in [7, 11) is 0. The quantitative estimate of drug-likeness (QED) is 0.529. The molecule has 6 heteroatoms. The number of rotatable bonds is 8. The van der Waals surface area contributed by atoms with Gasteiger partial charge in [-0.1, -0.05) is 25.5 Å². The Morgan fingerprint density at radius 3 is 2.76 bits per heavy atom. The fraction of sp³-hybridized carbons (Fsp3) is 0.733. The number of hydrogen-bond acceptors (Lipinski definition) is 3. The van der Waals surface area contributed by atoms with E-state index in [0.29, 0.717) is 39.1 Å². The van der Waals surface area contributed by atoms with Gasteiger partial charge in [0.1, 0.15) is 0 Å². The Hall–Kier alpha value is -1.56. The van der Waals surface area contributed by atoms with E-state index in [4.69, 9.17) is 4.74 Å². The molecule has 0 aromatic carbocycles. The molecule has 1 heterocycles. The number of carboxylic acid groups (broad SMARTS) is 1. The number of nitrogens with zero attached hydrogens (tertiary/aromatic N) is 1. The van der Waals surface area contributed by atoms with E-state index in [2.05, 4.69) is 11.9 Å². The Kier molecular flexibility index (Phi) is 6.68. The van der Waals surface area contributed by atoms with E-state index < -0.39 is 11.4 Å². The van der Waals surface area contributed by atoms with Crippen molar-refractivity contribution in [2.75, 3.05) is 32.8 Å². The van der Waals surface area contributed by atoms with Crippen LogP contribution in [-0.4, -0.2) is 54.9 Å². The third-order valence-electron chi connectivity index (χ3n) is 3.69. The van der Waals surface area contributed by atoms with E-state index in [1.165, 1.54) is 0 Å². The number of amides is 2. The van der Waals surface area contributed by atoms with Gasteiger partial charge in [-0.3, -0.25) is 4.79 Å². The van der Waals surface area contributed by atoms with Crippen LogP contribution in [0, 0.1) is 5.41 Å². The molecule has 6 nitrogen and oxygen atoms in total. The van der Waals surface area contributed by atoms with E-state index in [1.807, 2.05) is 13.8 Å². The second-order valence-electron chi connectivity index (χ2n) is 5.75. The summed E-state index contributed by atoms with van der Waals surface area (Å²) in [4.78, 5) is 25.0. The van der Waals surface area contributed by atoms with Crippen LogP contribution in [0.5, 0.6) is 0 Å². The summed E-state index contributed by atoms with van der Waals surface area (Å²) in [5, 5.41) is 12.2. The highest BCUT2D eigenvalue weighted by Crippen LogP contribution is 2.35. The van der Waals surface area contributed by atoms with Gasteiger partial charge in [0.25, 0.3) is 0 Å². The van der Waals surface area contributed by atoms with Crippen molar-refractivity contribution in [2.45, 2.75) is 33.1 Å². The van der Waals surface area contributed by atoms with Crippen molar-refractivity contribution in [3.05, 3.63) is 12.2 Å². The molecule has 21 heavy (non-hydrogen) atoms. The normalized spacial score (nSPS) is 21.3. The van der Waals surface area contributed by atoms with Crippen LogP contribution >= 0.6 is 0 Å². The summed E-state index contributed by atoms with van der Waals surface area (Å²) >= 11 is 0. The third kappa shape index (κ3) is 5.04. The number of hydrogen-bond donors (Lipinski definition) is 2. The van der Waals surface area contributed by atoms with Gasteiger partial charge in [0.05, 0.1) is 18.6 Å². The molecule has 1 aliphatic heterocycles. The molecule has 1 fully saturated rings. The monoisotopic (exact) mass is 298 g/mol. The number of carboxylic acids is 1. The number of likely N-dealkylation sites (tertiary alicyclic amines) is 1. The van der Waals surface area contributed by atoms with Crippen molar-refractivity contribution in [1.29, 1.82) is 0 Å². The lowest BCUT2D eigenvalue weighted by atomic mass is 9.83. The number of nitrogens with one attached hydrogen (secondary N) is 1. The molecule has 0 radical (unpaired) electrons. The molecular weight excluding hydrogens is 272 g/mol. The predicted molar refractivity (Wildman–Crippen MR) is 80.2 cm³/mol. The summed E-state index contributed by atoms with van der Waals surface area (Å²) in [5.74, 6) is -0.801. The van der Waals surface area contributed by atoms with Crippen LogP contribution in [0.1, 0.15) is 33.1 Å². The first-order valence-electron chi connectivity index (χ1n) is 7.39. The summed E-state index contributed by atoms with van der Waals surface area (Å²) in [6.07, 6.45) is 1.93. The largest absolute Gasteiger partial charge is 0.481 e. The van der Waals surface area contributed by atoms with Gasteiger partial charge in [0.2, 0.25) is 0 Å². The van der Waals surface area contributed by atoms with E-state index >= 15 is 0 Å². The highest BCUT2D eigenvalue weighted by Gasteiger charge is 2.45. The molecule has 2 N–H and O–H groups in total. The Bertz CT molecular complexity index is 397. The van der Waals surface area contributed by atoms with Crippen LogP contribution < -0.4 is 5.32 Å². The molecule has 0 bridgehead atoms. The smallest absolute Gasteiger partial charge is 0.317 e. The predicted octanol–water partition coefficient (Wildman–Crippen LogP) is 1.87. The van der Waals surface area contributed by atoms with Gasteiger partial charge in [0.15, 0.2) is 0 Å². The van der Waals surface area contributed by atoms with E-state index in [1.54, 1.807) is 4.90 Å². The van der Waals surface area contributed by atoms with Gasteiger partial charge in [-0.05, 0) is 19.8 Å². The maximum absolute atomic E-state index is 12.0. The molecule has 0 aromatic rings. The maximum Gasteiger partial charge on any atom is 0.317 e. The fourth-order valence-corrected chi connectivity index (χ4v) is 2.60. The first kappa shape index (κ1) is 17.5. The lowest BCUT2D eigenvalue weighted by molar-refractivity contribution is -0.148. The Balaban J connectivity index is 2.36. The van der Waals surface area contributed by atoms with Gasteiger partial charge >= 0.3 is 12.0 Å². The molecular formula is C15H26N2O4. The summed E-state index contributed by atoms with van der Waals surface area (Å²) in [5.41, 5.74) is 0.161. The minimum Gasteiger partial charge on any atom is -0.481 e. The van der Waals surface area contributed by atoms with Crippen molar-refractivity contribution in [3.8, 4) is 0 Å². The molecule has 0 aromatic heterocycles. The zero-order valence-electron chi connectivity index (χ0n) is 13.0. The molecule has 2 amide bonds. The van der Waals surface area contributed by atoms with Crippen molar-refractivity contribution in [1.82, 2.24) is 10.2 Å². The van der Waals surface area contributed by atoms with E-state index in [0.717, 1.165) is 12.0 Å². The molecule has 0 saturated carbocycles. The van der Waals surface area contributed by atoms with Crippen LogP contribution in [0.3, 0.4) is 0 Å². The van der Waals surface area contributed by atoms with Crippen molar-refractivity contribution in [3.63, 3.8) is 0 Å². The number of carbonyl (C=O) groups is 2. The molecule has 1 saturated heterocycles. The number of ether oxygens (including phenoxy) is 1. The second-order valence-corrected chi connectivity index (χ2v) is 5.75. The Morgan fingerprint density at radius 2 is 2.19 bits per heavy atom. The summed E-state index contributed by atoms with van der Waals surface area (Å²) < 4.78 is 5.30. The molecule has 1 atom stereocenters. The standard InChI is InChI=1S/C15H26N2O4/c1-4-5-15(13(18)19)6-8-17(11-15)14(20)16-7-9-21-10-12(2)3/h2,4-11H2,1,3H3,(H,16,20)(H,18,19). The van der Waals surface area contributed by atoms with Crippen LogP contribution in [0.4, 0.5) is 4.79 Å². The van der Waals surface area contributed by atoms with Gasteiger partial charge in [-0.25, -0.2) is 4.79 Å². The topological polar surface area (TPSA) is 78.9 Å². The van der Waals surface area contributed by atoms with Gasteiger partial charge in [-0.2, -0.15) is 0 Å². The van der Waals surface area contributed by atoms with Crippen LogP contribution in [0.2, 0.25) is 0 Å². The fourth-order valence-electron chi connectivity index (χ4n) is 2.60. The van der Waals surface area contributed by atoms with Crippen molar-refractivity contribution < 1.29 is 19.4 Å². The van der Waals surface area contributed by atoms with Crippen LogP contribution in [0.15, 0.2) is 12.2 Å². The number of urea groups is 1. The highest BCUT2D eigenvalue weighted by atomic mass is 16.5. The highest BCUT2D eigenvalue weighted by molar-refractivity contribution is 5.79. The Morgan fingerprint density at radius 1 is 1.48 bits per heavy atom. The summed E-state index contributed by atoms with van der Waals surface area (Å²) in [6.45, 7) is 9.66. The number of aliphatic carboxylic acids is 1. The van der Waals surface area contributed by atoms with Crippen molar-refractivity contribution >= 4 is 12.0 Å². The van der Waals surface area contributed by atoms with Gasteiger partial charge < -0.3 is 20.1 Å². The van der Waals surface area contributed by atoms with Crippen molar-refractivity contribution in [2.24, 2.45) is 5.41 Å². The van der Waals surface area contributed by atoms with Gasteiger partial charge in [0, 0.05) is 19.6 Å². The van der Waals surface area contributed by atoms with E-state index in [-0.39, 0.29) is 12.6 Å². The summed E-state index contributed by atoms with van der Waals surface area (Å²) in [6, 6.07) is -0.215. The number of carbonyl (C=O) groups excluding carboxylic acids is 1. The molecule has 1 unspecified atom stereocenters. The first-order chi connectivity index (χ1) is 9.91. The minimum atomic E-state index is -0.801. The Labute approximate surface area is 126 Å². The van der Waals surface area contributed by atoms with Crippen LogP contribution in [0.25, 0.3) is 0 Å². The second kappa shape index (κ2) is 8.02. The first-order valence-corrected chi connectivity index (χ1v) is 7.39. The molecule has 0 spiro atoms. The third-order valence-corrected chi connectivity index (χ3v) is 3.69. The lowest BCUT2D eigenvalue weighted by Gasteiger charge is -2.24. The lowest BCUT2D eigenvalue weighted by Crippen LogP contribution is -2.42.